The Labute approximate surface area is 93.1 Å². The van der Waals surface area contributed by atoms with Gasteiger partial charge in [-0.05, 0) is 18.4 Å². The normalized spacial score (nSPS) is 21.1. The summed E-state index contributed by atoms with van der Waals surface area (Å²) in [4.78, 5) is 10.8. The second kappa shape index (κ2) is 3.56. The zero-order valence-corrected chi connectivity index (χ0v) is 8.82. The molecule has 2 rings (SSSR count). The minimum Gasteiger partial charge on any atom is -0.481 e. The second-order valence-electron chi connectivity index (χ2n) is 4.37. The van der Waals surface area contributed by atoms with Crippen LogP contribution in [0, 0.1) is 0 Å². The summed E-state index contributed by atoms with van der Waals surface area (Å²) in [6.45, 7) is 0. The van der Waals surface area contributed by atoms with Gasteiger partial charge in [-0.25, -0.2) is 4.39 Å². The highest BCUT2D eigenvalue weighted by molar-refractivity contribution is 5.69. The number of carboxylic acid groups (broad SMARTS) is 1. The minimum atomic E-state index is -1.56. The molecule has 16 heavy (non-hydrogen) atoms. The van der Waals surface area contributed by atoms with E-state index in [1.807, 2.05) is 0 Å². The lowest BCUT2D eigenvalue weighted by Crippen LogP contribution is -2.49. The Kier molecular flexibility index (Phi) is 2.46. The molecule has 1 aromatic carbocycles. The van der Waals surface area contributed by atoms with Crippen LogP contribution >= 0.6 is 0 Å². The maximum Gasteiger partial charge on any atom is 0.305 e. The highest BCUT2D eigenvalue weighted by Gasteiger charge is 2.60. The van der Waals surface area contributed by atoms with Gasteiger partial charge in [-0.3, -0.25) is 4.79 Å². The number of alkyl halides is 1. The summed E-state index contributed by atoms with van der Waals surface area (Å²) in [5, 5.41) is 8.85. The first-order chi connectivity index (χ1) is 7.48. The summed E-state index contributed by atoms with van der Waals surface area (Å²) in [6, 6.07) is 8.64. The number of halogens is 1. The molecule has 3 nitrogen and oxygen atoms in total. The Morgan fingerprint density at radius 2 is 2.00 bits per heavy atom. The van der Waals surface area contributed by atoms with Crippen molar-refractivity contribution in [3.05, 3.63) is 35.9 Å². The van der Waals surface area contributed by atoms with E-state index >= 15 is 0 Å². The molecule has 1 aliphatic carbocycles. The van der Waals surface area contributed by atoms with Crippen LogP contribution < -0.4 is 5.73 Å². The molecule has 0 heterocycles. The van der Waals surface area contributed by atoms with Gasteiger partial charge < -0.3 is 10.8 Å². The summed E-state index contributed by atoms with van der Waals surface area (Å²) < 4.78 is 14.2. The van der Waals surface area contributed by atoms with Crippen LogP contribution in [0.3, 0.4) is 0 Å². The quantitative estimate of drug-likeness (QED) is 0.818. The highest BCUT2D eigenvalue weighted by Crippen LogP contribution is 2.53. The van der Waals surface area contributed by atoms with E-state index in [1.54, 1.807) is 30.3 Å². The number of nitrogens with two attached hydrogens (primary N) is 1. The molecular formula is C12H14FNO2. The van der Waals surface area contributed by atoms with E-state index in [0.29, 0.717) is 18.4 Å². The third-order valence-corrected chi connectivity index (χ3v) is 3.21. The largest absolute Gasteiger partial charge is 0.481 e. The monoisotopic (exact) mass is 223 g/mol. The van der Waals surface area contributed by atoms with Gasteiger partial charge in [0.1, 0.15) is 5.67 Å². The van der Waals surface area contributed by atoms with E-state index in [-0.39, 0.29) is 6.42 Å². The van der Waals surface area contributed by atoms with Gasteiger partial charge in [0, 0.05) is 0 Å². The second-order valence-corrected chi connectivity index (χ2v) is 4.37. The molecule has 0 aliphatic heterocycles. The summed E-state index contributed by atoms with van der Waals surface area (Å²) in [6.07, 6.45) is 0.296. The molecule has 3 N–H and O–H groups in total. The molecule has 0 spiro atoms. The lowest BCUT2D eigenvalue weighted by Gasteiger charge is -2.32. The Balaban J connectivity index is 2.39. The van der Waals surface area contributed by atoms with Gasteiger partial charge in [0.25, 0.3) is 0 Å². The number of hydrogen-bond acceptors (Lipinski definition) is 2. The van der Waals surface area contributed by atoms with E-state index in [1.165, 1.54) is 0 Å². The first-order valence-electron chi connectivity index (χ1n) is 5.23. The first kappa shape index (κ1) is 11.1. The third kappa shape index (κ3) is 1.69. The number of aliphatic carboxylic acids is 1. The maximum absolute atomic E-state index is 14.2. The van der Waals surface area contributed by atoms with Gasteiger partial charge in [0.15, 0.2) is 0 Å². The van der Waals surface area contributed by atoms with Crippen molar-refractivity contribution in [2.75, 3.05) is 0 Å². The molecule has 0 bridgehead atoms. The van der Waals surface area contributed by atoms with E-state index in [9.17, 15) is 9.18 Å². The average Bonchev–Trinajstić information content (AvgIpc) is 2.98. The molecule has 0 aromatic heterocycles. The molecule has 1 fully saturated rings. The summed E-state index contributed by atoms with van der Waals surface area (Å²) >= 11 is 0. The average molecular weight is 223 g/mol. The van der Waals surface area contributed by atoms with Crippen LogP contribution in [0.4, 0.5) is 4.39 Å². The van der Waals surface area contributed by atoms with Crippen LogP contribution in [0.1, 0.15) is 24.8 Å². The van der Waals surface area contributed by atoms with Gasteiger partial charge in [-0.1, -0.05) is 30.3 Å². The van der Waals surface area contributed by atoms with Crippen molar-refractivity contribution in [3.63, 3.8) is 0 Å². The fraction of sp³-hybridized carbons (Fsp3) is 0.417. The SMILES string of the molecule is NC(CC(=O)O)(c1ccccc1)C1(F)CC1. The van der Waals surface area contributed by atoms with Crippen molar-refractivity contribution >= 4 is 5.97 Å². The molecule has 0 radical (unpaired) electrons. The Morgan fingerprint density at radius 1 is 1.44 bits per heavy atom. The minimum absolute atomic E-state index is 0.339. The van der Waals surface area contributed by atoms with Crippen molar-refractivity contribution < 1.29 is 14.3 Å². The molecule has 1 atom stereocenters. The van der Waals surface area contributed by atoms with Crippen LogP contribution in [0.2, 0.25) is 0 Å². The molecule has 1 saturated carbocycles. The fourth-order valence-corrected chi connectivity index (χ4v) is 2.05. The summed E-state index contributed by atoms with van der Waals surface area (Å²) in [5.41, 5.74) is 3.59. The molecule has 1 aromatic rings. The van der Waals surface area contributed by atoms with Crippen molar-refractivity contribution in [2.45, 2.75) is 30.5 Å². The van der Waals surface area contributed by atoms with E-state index in [4.69, 9.17) is 10.8 Å². The van der Waals surface area contributed by atoms with E-state index < -0.39 is 17.2 Å². The Morgan fingerprint density at radius 3 is 2.44 bits per heavy atom. The lowest BCUT2D eigenvalue weighted by atomic mass is 9.81. The topological polar surface area (TPSA) is 63.3 Å². The zero-order valence-electron chi connectivity index (χ0n) is 8.82. The van der Waals surface area contributed by atoms with Crippen LogP contribution in [0.15, 0.2) is 30.3 Å². The molecule has 4 heteroatoms. The van der Waals surface area contributed by atoms with E-state index in [0.717, 1.165) is 0 Å². The molecule has 1 aliphatic rings. The lowest BCUT2D eigenvalue weighted by molar-refractivity contribution is -0.139. The number of rotatable bonds is 4. The van der Waals surface area contributed by atoms with Crippen molar-refractivity contribution in [2.24, 2.45) is 5.73 Å². The number of benzene rings is 1. The predicted molar refractivity (Wildman–Crippen MR) is 57.6 cm³/mol. The van der Waals surface area contributed by atoms with E-state index in [2.05, 4.69) is 0 Å². The van der Waals surface area contributed by atoms with Gasteiger partial charge >= 0.3 is 5.97 Å². The molecule has 86 valence electrons. The van der Waals surface area contributed by atoms with Gasteiger partial charge in [0.05, 0.1) is 12.0 Å². The number of carbonyl (C=O) groups is 1. The summed E-state index contributed by atoms with van der Waals surface area (Å²) in [7, 11) is 0. The maximum atomic E-state index is 14.2. The zero-order chi connectivity index (χ0) is 11.8. The van der Waals surface area contributed by atoms with Crippen molar-refractivity contribution in [1.29, 1.82) is 0 Å². The van der Waals surface area contributed by atoms with Crippen LogP contribution in [-0.4, -0.2) is 16.7 Å². The predicted octanol–water partition coefficient (Wildman–Crippen LogP) is 1.82. The standard InChI is InChI=1S/C12H14FNO2/c13-11(6-7-11)12(14,8-10(15)16)9-4-2-1-3-5-9/h1-5H,6-8,14H2,(H,15,16). The summed E-state index contributed by atoms with van der Waals surface area (Å²) in [5.74, 6) is -1.07. The third-order valence-electron chi connectivity index (χ3n) is 3.21. The van der Waals surface area contributed by atoms with Crippen molar-refractivity contribution in [3.8, 4) is 0 Å². The van der Waals surface area contributed by atoms with Crippen LogP contribution in [0.5, 0.6) is 0 Å². The van der Waals surface area contributed by atoms with Crippen LogP contribution in [-0.2, 0) is 10.3 Å². The smallest absolute Gasteiger partial charge is 0.305 e. The molecular weight excluding hydrogens is 209 g/mol. The van der Waals surface area contributed by atoms with Crippen LogP contribution in [0.25, 0.3) is 0 Å². The number of carboxylic acids is 1. The fourth-order valence-electron chi connectivity index (χ4n) is 2.05. The molecule has 0 saturated heterocycles. The Hall–Kier alpha value is -1.42. The van der Waals surface area contributed by atoms with Gasteiger partial charge in [-0.15, -0.1) is 0 Å². The van der Waals surface area contributed by atoms with Gasteiger partial charge in [0.2, 0.25) is 0 Å². The highest BCUT2D eigenvalue weighted by atomic mass is 19.1. The molecule has 0 amide bonds. The van der Waals surface area contributed by atoms with Gasteiger partial charge in [-0.2, -0.15) is 0 Å². The Bertz CT molecular complexity index is 403. The molecule has 1 unspecified atom stereocenters. The first-order valence-corrected chi connectivity index (χ1v) is 5.23. The van der Waals surface area contributed by atoms with Crippen molar-refractivity contribution in [1.82, 2.24) is 0 Å². The number of hydrogen-bond donors (Lipinski definition) is 2.